The molecule has 3 aromatic carbocycles. The zero-order valence-electron chi connectivity index (χ0n) is 18.8. The summed E-state index contributed by atoms with van der Waals surface area (Å²) in [5.41, 5.74) is 2.73. The first-order valence-electron chi connectivity index (χ1n) is 10.6. The van der Waals surface area contributed by atoms with Crippen molar-refractivity contribution in [2.45, 2.75) is 12.5 Å². The fourth-order valence-corrected chi connectivity index (χ4v) is 4.38. The Morgan fingerprint density at radius 1 is 0.909 bits per heavy atom. The van der Waals surface area contributed by atoms with E-state index < -0.39 is 0 Å². The highest BCUT2D eigenvalue weighted by Crippen LogP contribution is 2.39. The molecule has 0 spiro atoms. The van der Waals surface area contributed by atoms with Crippen LogP contribution in [0.25, 0.3) is 0 Å². The Hall–Kier alpha value is -3.19. The van der Waals surface area contributed by atoms with Gasteiger partial charge in [0.05, 0.1) is 27.4 Å². The van der Waals surface area contributed by atoms with Crippen LogP contribution in [-0.2, 0) is 6.42 Å². The number of amides is 1. The molecule has 0 saturated heterocycles. The van der Waals surface area contributed by atoms with Gasteiger partial charge < -0.3 is 23.8 Å². The lowest BCUT2D eigenvalue weighted by Crippen LogP contribution is -2.42. The molecule has 1 heterocycles. The van der Waals surface area contributed by atoms with Gasteiger partial charge in [-0.15, -0.1) is 0 Å². The van der Waals surface area contributed by atoms with Crippen molar-refractivity contribution in [1.82, 2.24) is 4.90 Å². The molecule has 33 heavy (non-hydrogen) atoms. The summed E-state index contributed by atoms with van der Waals surface area (Å²) in [5, 5.41) is 0. The third-order valence-electron chi connectivity index (χ3n) is 5.82. The number of methoxy groups -OCH3 is 3. The van der Waals surface area contributed by atoms with Crippen LogP contribution in [0, 0.1) is 0 Å². The summed E-state index contributed by atoms with van der Waals surface area (Å²) in [7, 11) is 4.84. The molecule has 1 aliphatic rings. The first kappa shape index (κ1) is 23.0. The second kappa shape index (κ2) is 10.2. The topological polar surface area (TPSA) is 57.2 Å². The Labute approximate surface area is 202 Å². The van der Waals surface area contributed by atoms with E-state index in [0.29, 0.717) is 41.5 Å². The third-order valence-corrected chi connectivity index (χ3v) is 6.35. The van der Waals surface area contributed by atoms with Gasteiger partial charge in [0, 0.05) is 16.6 Å². The third kappa shape index (κ3) is 4.78. The molecule has 1 amide bonds. The molecule has 7 heteroatoms. The van der Waals surface area contributed by atoms with Crippen LogP contribution in [0.15, 0.2) is 65.1 Å². The number of carbonyl (C=O) groups excluding carboxylic acids is 1. The Kier molecular flexibility index (Phi) is 7.08. The van der Waals surface area contributed by atoms with Crippen molar-refractivity contribution in [2.75, 3.05) is 34.5 Å². The molecule has 0 unspecified atom stereocenters. The number of carbonyl (C=O) groups is 1. The van der Waals surface area contributed by atoms with Gasteiger partial charge in [-0.05, 0) is 66.1 Å². The number of rotatable bonds is 7. The minimum absolute atomic E-state index is 0.0449. The second-order valence-corrected chi connectivity index (χ2v) is 8.55. The second-order valence-electron chi connectivity index (χ2n) is 7.64. The summed E-state index contributed by atoms with van der Waals surface area (Å²) < 4.78 is 23.6. The van der Waals surface area contributed by atoms with Crippen LogP contribution < -0.4 is 18.9 Å². The van der Waals surface area contributed by atoms with Crippen molar-refractivity contribution < 1.29 is 23.7 Å². The lowest BCUT2D eigenvalue weighted by Gasteiger charge is -2.37. The Morgan fingerprint density at radius 3 is 2.21 bits per heavy atom. The molecular formula is C26H26BrNO5. The number of para-hydroxylation sites is 2. The average Bonchev–Trinajstić information content (AvgIpc) is 2.86. The number of ether oxygens (including phenoxy) is 4. The minimum atomic E-state index is -0.311. The highest BCUT2D eigenvalue weighted by molar-refractivity contribution is 9.10. The van der Waals surface area contributed by atoms with E-state index >= 15 is 0 Å². The number of nitrogens with zero attached hydrogens (tertiary/aromatic N) is 1. The van der Waals surface area contributed by atoms with Crippen molar-refractivity contribution >= 4 is 21.8 Å². The number of halogens is 1. The number of fused-ring (bicyclic) bond motifs is 1. The molecule has 172 valence electrons. The van der Waals surface area contributed by atoms with E-state index in [9.17, 15) is 4.79 Å². The van der Waals surface area contributed by atoms with E-state index in [0.717, 1.165) is 15.6 Å². The van der Waals surface area contributed by atoms with E-state index in [4.69, 9.17) is 18.9 Å². The van der Waals surface area contributed by atoms with Crippen LogP contribution in [0.4, 0.5) is 0 Å². The van der Waals surface area contributed by atoms with Crippen molar-refractivity contribution in [1.29, 1.82) is 0 Å². The van der Waals surface area contributed by atoms with E-state index in [-0.39, 0.29) is 18.6 Å². The van der Waals surface area contributed by atoms with Crippen molar-refractivity contribution in [3.05, 3.63) is 81.8 Å². The first-order chi connectivity index (χ1) is 16.0. The standard InChI is InChI=1S/C26H26BrNO5/c1-30-22-6-4-5-7-23(22)33-16-21-20-15-25(32-3)24(31-2)14-18(20)12-13-28(21)26(29)17-8-10-19(27)11-9-17/h4-11,14-15,21H,12-13,16H2,1-3H3/t21-/m1/s1. The average molecular weight is 512 g/mol. The van der Waals surface area contributed by atoms with Gasteiger partial charge in [0.2, 0.25) is 0 Å². The van der Waals surface area contributed by atoms with Crippen LogP contribution in [-0.4, -0.2) is 45.3 Å². The monoisotopic (exact) mass is 511 g/mol. The molecule has 0 radical (unpaired) electrons. The van der Waals surface area contributed by atoms with Gasteiger partial charge in [0.25, 0.3) is 5.91 Å². The zero-order chi connectivity index (χ0) is 23.4. The molecule has 0 aromatic heterocycles. The van der Waals surface area contributed by atoms with Gasteiger partial charge in [0.15, 0.2) is 23.0 Å². The highest BCUT2D eigenvalue weighted by Gasteiger charge is 2.33. The normalized spacial score (nSPS) is 14.9. The molecule has 0 N–H and O–H groups in total. The van der Waals surface area contributed by atoms with E-state index in [1.807, 2.05) is 65.6 Å². The molecule has 1 atom stereocenters. The van der Waals surface area contributed by atoms with Gasteiger partial charge in [-0.25, -0.2) is 0 Å². The SMILES string of the molecule is COc1cc2c(cc1OC)[C@@H](COc1ccccc1OC)N(C(=O)c1ccc(Br)cc1)CC2. The van der Waals surface area contributed by atoms with Gasteiger partial charge >= 0.3 is 0 Å². The number of hydrogen-bond donors (Lipinski definition) is 0. The van der Waals surface area contributed by atoms with Gasteiger partial charge in [-0.1, -0.05) is 28.1 Å². The number of benzene rings is 3. The van der Waals surface area contributed by atoms with Crippen LogP contribution in [0.3, 0.4) is 0 Å². The maximum Gasteiger partial charge on any atom is 0.254 e. The minimum Gasteiger partial charge on any atom is -0.493 e. The lowest BCUT2D eigenvalue weighted by molar-refractivity contribution is 0.0587. The summed E-state index contributed by atoms with van der Waals surface area (Å²) >= 11 is 3.44. The van der Waals surface area contributed by atoms with Crippen LogP contribution in [0.5, 0.6) is 23.0 Å². The molecule has 1 aliphatic heterocycles. The smallest absolute Gasteiger partial charge is 0.254 e. The summed E-state index contributed by atoms with van der Waals surface area (Å²) in [6.45, 7) is 0.836. The molecule has 0 aliphatic carbocycles. The maximum absolute atomic E-state index is 13.5. The van der Waals surface area contributed by atoms with Gasteiger partial charge in [-0.2, -0.15) is 0 Å². The molecule has 0 saturated carbocycles. The Morgan fingerprint density at radius 2 is 1.55 bits per heavy atom. The molecule has 0 bridgehead atoms. The largest absolute Gasteiger partial charge is 0.493 e. The van der Waals surface area contributed by atoms with E-state index in [2.05, 4.69) is 15.9 Å². The van der Waals surface area contributed by atoms with Crippen molar-refractivity contribution in [3.8, 4) is 23.0 Å². The summed E-state index contributed by atoms with van der Waals surface area (Å²) in [6, 6.07) is 18.5. The maximum atomic E-state index is 13.5. The fourth-order valence-electron chi connectivity index (χ4n) is 4.12. The molecular weight excluding hydrogens is 486 g/mol. The molecule has 3 aromatic rings. The zero-order valence-corrected chi connectivity index (χ0v) is 20.4. The quantitative estimate of drug-likeness (QED) is 0.431. The predicted octanol–water partition coefficient (Wildman–Crippen LogP) is 5.29. The lowest BCUT2D eigenvalue weighted by atomic mass is 9.91. The summed E-state index contributed by atoms with van der Waals surface area (Å²) in [4.78, 5) is 15.4. The van der Waals surface area contributed by atoms with Crippen LogP contribution >= 0.6 is 15.9 Å². The van der Waals surface area contributed by atoms with Gasteiger partial charge in [-0.3, -0.25) is 4.79 Å². The van der Waals surface area contributed by atoms with Crippen molar-refractivity contribution in [3.63, 3.8) is 0 Å². The number of hydrogen-bond acceptors (Lipinski definition) is 5. The van der Waals surface area contributed by atoms with Crippen LogP contribution in [0.2, 0.25) is 0 Å². The van der Waals surface area contributed by atoms with E-state index in [1.165, 1.54) is 0 Å². The Bertz CT molecular complexity index is 1130. The summed E-state index contributed by atoms with van der Waals surface area (Å²) in [6.07, 6.45) is 0.711. The summed E-state index contributed by atoms with van der Waals surface area (Å²) in [5.74, 6) is 2.52. The highest BCUT2D eigenvalue weighted by atomic mass is 79.9. The van der Waals surface area contributed by atoms with Crippen LogP contribution in [0.1, 0.15) is 27.5 Å². The molecule has 4 rings (SSSR count). The van der Waals surface area contributed by atoms with Gasteiger partial charge in [0.1, 0.15) is 6.61 Å². The fraction of sp³-hybridized carbons (Fsp3) is 0.269. The van der Waals surface area contributed by atoms with Crippen molar-refractivity contribution in [2.24, 2.45) is 0 Å². The van der Waals surface area contributed by atoms with E-state index in [1.54, 1.807) is 21.3 Å². The first-order valence-corrected chi connectivity index (χ1v) is 11.4. The molecule has 0 fully saturated rings. The molecule has 6 nitrogen and oxygen atoms in total. The predicted molar refractivity (Wildman–Crippen MR) is 130 cm³/mol. The Balaban J connectivity index is 1.71.